The van der Waals surface area contributed by atoms with Crippen molar-refractivity contribution in [3.63, 3.8) is 0 Å². The van der Waals surface area contributed by atoms with Crippen LogP contribution < -0.4 is 0 Å². The van der Waals surface area contributed by atoms with Gasteiger partial charge in [0, 0.05) is 69.4 Å². The molecule has 12 aliphatic carbocycles. The maximum Gasteiger partial charge on any atom is 0.163 e. The van der Waals surface area contributed by atoms with Gasteiger partial charge >= 0.3 is 0 Å². The molecule has 9 heterocycles. The Morgan fingerprint density at radius 1 is 0.309 bits per heavy atom. The number of H-pyrrole nitrogens is 2. The van der Waals surface area contributed by atoms with E-state index in [2.05, 4.69) is 82.8 Å². The van der Waals surface area contributed by atoms with E-state index in [-0.39, 0.29) is 96.2 Å². The summed E-state index contributed by atoms with van der Waals surface area (Å²) in [7, 11) is 0. The molecule has 4 fully saturated rings. The van der Waals surface area contributed by atoms with Crippen LogP contribution >= 0.6 is 0 Å². The number of aromatic nitrogens is 4. The summed E-state index contributed by atoms with van der Waals surface area (Å²) in [5.74, 6) is -2.97. The van der Waals surface area contributed by atoms with E-state index < -0.39 is 23.1 Å². The molecule has 2 N–H and O–H groups in total. The summed E-state index contributed by atoms with van der Waals surface area (Å²) in [6, 6.07) is 9.27. The van der Waals surface area contributed by atoms with Crippen molar-refractivity contribution in [3.05, 3.63) is 118 Å². The first-order chi connectivity index (χ1) is 32.6. The minimum atomic E-state index is -0.701. The molecule has 21 rings (SSSR count). The van der Waals surface area contributed by atoms with Crippen LogP contribution in [0.25, 0.3) is 44.4 Å². The summed E-state index contributed by atoms with van der Waals surface area (Å²) in [6.07, 6.45) is 17.8. The van der Waals surface area contributed by atoms with Crippen molar-refractivity contribution in [3.8, 4) is 0 Å². The van der Waals surface area contributed by atoms with Gasteiger partial charge in [-0.1, -0.05) is 48.6 Å². The highest BCUT2D eigenvalue weighted by Crippen LogP contribution is 2.62. The molecule has 16 bridgehead atoms. The first-order valence-corrected chi connectivity index (χ1v) is 25.0. The lowest BCUT2D eigenvalue weighted by atomic mass is 9.66. The van der Waals surface area contributed by atoms with E-state index >= 15 is 0 Å². The predicted molar refractivity (Wildman–Crippen MR) is 251 cm³/mol. The summed E-state index contributed by atoms with van der Waals surface area (Å²) >= 11 is 0. The van der Waals surface area contributed by atoms with Gasteiger partial charge in [-0.05, 0) is 124 Å². The number of nitrogens with one attached hydrogen (secondary N) is 2. The highest BCUT2D eigenvalue weighted by Gasteiger charge is 2.60. The lowest BCUT2D eigenvalue weighted by Gasteiger charge is -2.40. The Hall–Kier alpha value is -4.76. The van der Waals surface area contributed by atoms with Crippen molar-refractivity contribution in [1.29, 1.82) is 0 Å². The second-order valence-corrected chi connectivity index (χ2v) is 23.6. The minimum Gasteiger partial charge on any atom is -0.355 e. The number of hydrogen-bond donors (Lipinski definition) is 2. The molecule has 0 amide bonds. The second kappa shape index (κ2) is 12.0. The van der Waals surface area contributed by atoms with Crippen molar-refractivity contribution in [2.45, 2.75) is 151 Å². The highest BCUT2D eigenvalue weighted by molar-refractivity contribution is 6.02. The number of nitrogens with zero attached hydrogens (tertiary/aromatic N) is 2. The molecule has 3 aromatic rings. The molecule has 3 aromatic heterocycles. The number of fused-ring (bicyclic) bond motifs is 8. The van der Waals surface area contributed by atoms with Gasteiger partial charge in [-0.3, -0.25) is 0 Å². The molecular weight excluding hydrogens is 857 g/mol. The molecule has 0 saturated carbocycles. The molecule has 16 atom stereocenters. The Labute approximate surface area is 393 Å². The van der Waals surface area contributed by atoms with Crippen LogP contribution in [0.4, 0.5) is 0 Å². The quantitative estimate of drug-likeness (QED) is 0.211. The van der Waals surface area contributed by atoms with Gasteiger partial charge in [0.25, 0.3) is 0 Å². The number of rotatable bonds is 0. The van der Waals surface area contributed by atoms with Crippen molar-refractivity contribution in [2.75, 3.05) is 0 Å². The largest absolute Gasteiger partial charge is 0.355 e. The molecule has 18 aliphatic rings. The zero-order valence-corrected chi connectivity index (χ0v) is 39.3. The number of aromatic amines is 2. The van der Waals surface area contributed by atoms with E-state index in [0.29, 0.717) is 0 Å². The molecule has 0 unspecified atom stereocenters. The van der Waals surface area contributed by atoms with Gasteiger partial charge < -0.3 is 47.9 Å². The molecule has 346 valence electrons. The normalized spacial score (nSPS) is 42.4. The fourth-order valence-electron chi connectivity index (χ4n) is 15.9. The van der Waals surface area contributed by atoms with Gasteiger partial charge in [-0.25, -0.2) is 9.97 Å². The van der Waals surface area contributed by atoms with Crippen molar-refractivity contribution in [2.24, 2.45) is 23.7 Å². The monoisotopic (exact) mass is 910 g/mol. The van der Waals surface area contributed by atoms with Gasteiger partial charge in [-0.2, -0.15) is 0 Å². The zero-order valence-electron chi connectivity index (χ0n) is 39.3. The van der Waals surface area contributed by atoms with Crippen LogP contribution in [0.2, 0.25) is 0 Å². The van der Waals surface area contributed by atoms with Crippen LogP contribution in [0, 0.1) is 23.7 Å². The van der Waals surface area contributed by atoms with Crippen LogP contribution in [-0.2, 0) is 37.9 Å². The smallest absolute Gasteiger partial charge is 0.163 e. The van der Waals surface area contributed by atoms with Gasteiger partial charge in [0.1, 0.15) is 0 Å². The SMILES string of the molecule is CC1(C)O[C@@H]2[C@H](O1)[C@@H]1C=C[C@H]2C2=C1c1cc3[nH]c(cc4[nH]c(cc5nc(cc2n1)C1=C5[C@@H]2C=C[C@H]1[C@H]1OC(C)(C)O[C@H]12)c1c4[C@@H]2C=C[C@H]1[C@H]1OC(C)(C)O[C@H]12)c1c3[C@@H]2C=C[C@H]1[C@H]1OC(C)(C)O[C@H]12. The van der Waals surface area contributed by atoms with Crippen molar-refractivity contribution < 1.29 is 37.9 Å². The second-order valence-electron chi connectivity index (χ2n) is 23.6. The Balaban J connectivity index is 0.979. The summed E-state index contributed by atoms with van der Waals surface area (Å²) in [4.78, 5) is 19.5. The minimum absolute atomic E-state index is 0.00737. The van der Waals surface area contributed by atoms with Gasteiger partial charge in [-0.15, -0.1) is 0 Å². The van der Waals surface area contributed by atoms with Gasteiger partial charge in [0.15, 0.2) is 23.1 Å². The topological polar surface area (TPSA) is 131 Å². The molecule has 12 nitrogen and oxygen atoms in total. The number of ether oxygens (including phenoxy) is 8. The number of hydrogen-bond acceptors (Lipinski definition) is 10. The highest BCUT2D eigenvalue weighted by atomic mass is 16.8. The molecule has 12 heteroatoms. The Kier molecular flexibility index (Phi) is 6.91. The third kappa shape index (κ3) is 4.80. The van der Waals surface area contributed by atoms with E-state index in [1.807, 2.05) is 55.4 Å². The average molecular weight is 911 g/mol. The maximum atomic E-state index is 6.77. The van der Waals surface area contributed by atoms with Crippen LogP contribution in [0.3, 0.4) is 0 Å². The van der Waals surface area contributed by atoms with Crippen LogP contribution in [0.1, 0.15) is 124 Å². The Morgan fingerprint density at radius 3 is 0.809 bits per heavy atom. The zero-order chi connectivity index (χ0) is 45.4. The first-order valence-electron chi connectivity index (χ1n) is 25.0. The summed E-state index contributed by atoms with van der Waals surface area (Å²) in [6.45, 7) is 16.3. The molecule has 0 aromatic carbocycles. The van der Waals surface area contributed by atoms with E-state index in [4.69, 9.17) is 47.9 Å². The van der Waals surface area contributed by atoms with Crippen LogP contribution in [0.15, 0.2) is 72.9 Å². The third-order valence-corrected chi connectivity index (χ3v) is 17.8. The predicted octanol–water partition coefficient (Wildman–Crippen LogP) is 9.35. The van der Waals surface area contributed by atoms with Crippen LogP contribution in [-0.4, -0.2) is 91.9 Å². The van der Waals surface area contributed by atoms with E-state index in [1.54, 1.807) is 0 Å². The fourth-order valence-corrected chi connectivity index (χ4v) is 15.9. The van der Waals surface area contributed by atoms with Crippen molar-refractivity contribution in [1.82, 2.24) is 19.9 Å². The Bertz CT molecular complexity index is 3090. The molecular formula is C56H54N4O8. The van der Waals surface area contributed by atoms with E-state index in [9.17, 15) is 0 Å². The van der Waals surface area contributed by atoms with Crippen LogP contribution in [0.5, 0.6) is 0 Å². The molecule has 68 heavy (non-hydrogen) atoms. The first kappa shape index (κ1) is 39.0. The molecule has 0 spiro atoms. The summed E-state index contributed by atoms with van der Waals surface area (Å²) < 4.78 is 54.1. The standard InChI is InChI=1S/C56H54N4O8/c1-53(2)61-45-21-9-10-22(46(45)62-53)38-30-18-32-40-24-12-14-26(50-48(24)64-55(5,6)66-50)42(40)34(59-32)20-36-44-28-16-15-27(51-52(28)68-56(7,8)67-51)43(44)35(60-36)19-33-41-25-13-11-23(47-49(25)65-54(3,4)63-47)39(41)31(58-33)17-29(57-30)37(21)38/h9-28,45-52,57-58H,1-8H3/t21-,22+,23+,24-,25-,26+,27+,28-,45-,46+,47+,48-,49-,50+,51+,52-. The van der Waals surface area contributed by atoms with E-state index in [0.717, 1.165) is 44.8 Å². The Morgan fingerprint density at radius 2 is 0.529 bits per heavy atom. The van der Waals surface area contributed by atoms with Gasteiger partial charge in [0.2, 0.25) is 0 Å². The summed E-state index contributed by atoms with van der Waals surface area (Å²) in [5, 5.41) is 0. The summed E-state index contributed by atoms with van der Waals surface area (Å²) in [5.41, 5.74) is 17.9. The van der Waals surface area contributed by atoms with E-state index in [1.165, 1.54) is 44.5 Å². The lowest BCUT2D eigenvalue weighted by molar-refractivity contribution is -0.148. The average Bonchev–Trinajstić information content (AvgIpc) is 4.16. The third-order valence-electron chi connectivity index (χ3n) is 17.8. The maximum absolute atomic E-state index is 6.77. The fraction of sp³-hybridized carbons (Fsp3) is 0.500. The lowest BCUT2D eigenvalue weighted by Crippen LogP contribution is -2.43. The van der Waals surface area contributed by atoms with Gasteiger partial charge in [0.05, 0.1) is 71.6 Å². The van der Waals surface area contributed by atoms with Crippen molar-refractivity contribution >= 4 is 44.4 Å². The molecule has 0 radical (unpaired) electrons. The molecule has 6 aliphatic heterocycles. The molecule has 4 saturated heterocycles.